The van der Waals surface area contributed by atoms with Crippen molar-refractivity contribution >= 4 is 32.3 Å². The Morgan fingerprint density at radius 1 is 0.341 bits per heavy atom. The Balaban J connectivity index is 4.66. The van der Waals surface area contributed by atoms with Gasteiger partial charge in [0.2, 0.25) is 0 Å². The number of unbranched alkanes of at least 4 members (excludes halogenated alkanes) is 6. The minimum absolute atomic E-state index is 0.862. The third-order valence-electron chi connectivity index (χ3n) is 5.99. The lowest BCUT2D eigenvalue weighted by Gasteiger charge is -2.15. The molecule has 1 rings (SSSR count). The number of rotatable bonds is 6. The maximum absolute atomic E-state index is 3.66. The first-order valence-corrected chi connectivity index (χ1v) is 30.6. The second kappa shape index (κ2) is 17.8. The smallest absolute Gasteiger partial charge is 0.127 e. The van der Waals surface area contributed by atoms with Crippen molar-refractivity contribution in [1.82, 2.24) is 0 Å². The molecule has 4 heteroatoms. The van der Waals surface area contributed by atoms with Crippen LogP contribution < -0.4 is 0 Å². The van der Waals surface area contributed by atoms with E-state index in [4.69, 9.17) is 0 Å². The van der Waals surface area contributed by atoms with Crippen molar-refractivity contribution in [2.75, 3.05) is 0 Å². The average Bonchev–Trinajstić information content (AvgIpc) is 2.87. The molecule has 0 aliphatic carbocycles. The Hall–Kier alpha value is -2.55. The van der Waals surface area contributed by atoms with Crippen molar-refractivity contribution < 1.29 is 0 Å². The summed E-state index contributed by atoms with van der Waals surface area (Å²) >= 11 is 0. The first kappa shape index (κ1) is 39.5. The predicted molar refractivity (Wildman–Crippen MR) is 209 cm³/mol. The summed E-state index contributed by atoms with van der Waals surface area (Å²) < 4.78 is 0. The van der Waals surface area contributed by atoms with Crippen molar-refractivity contribution in [3.63, 3.8) is 0 Å². The highest BCUT2D eigenvalue weighted by Crippen LogP contribution is 2.28. The summed E-state index contributed by atoms with van der Waals surface area (Å²) in [6.45, 7) is 31.9. The van der Waals surface area contributed by atoms with Crippen LogP contribution in [0.25, 0.3) is 0 Å². The number of hydrogen-bond acceptors (Lipinski definition) is 0. The molecule has 1 aromatic rings. The van der Waals surface area contributed by atoms with Gasteiger partial charge in [0.25, 0.3) is 0 Å². The fourth-order valence-electron chi connectivity index (χ4n) is 3.73. The first-order chi connectivity index (χ1) is 20.3. The molecule has 0 spiro atoms. The van der Waals surface area contributed by atoms with E-state index in [0.717, 1.165) is 59.1 Å². The number of benzene rings is 1. The first-order valence-electron chi connectivity index (χ1n) is 16.6. The van der Waals surface area contributed by atoms with Crippen LogP contribution in [0.2, 0.25) is 78.6 Å². The molecular weight excluding hydrogens is 593 g/mol. The van der Waals surface area contributed by atoms with E-state index < -0.39 is 32.3 Å². The molecule has 0 atom stereocenters. The van der Waals surface area contributed by atoms with Crippen LogP contribution in [0.1, 0.15) is 98.6 Å². The summed E-state index contributed by atoms with van der Waals surface area (Å²) in [5.74, 6) is 28.9. The summed E-state index contributed by atoms with van der Waals surface area (Å²) in [6.07, 6.45) is 8.65. The van der Waals surface area contributed by atoms with E-state index in [2.05, 4.69) is 162 Å². The van der Waals surface area contributed by atoms with Crippen LogP contribution in [0.3, 0.4) is 0 Å². The van der Waals surface area contributed by atoms with Gasteiger partial charge in [-0.05, 0) is 12.8 Å². The Kier molecular flexibility index (Phi) is 16.0. The molecule has 1 aromatic carbocycles. The van der Waals surface area contributed by atoms with E-state index >= 15 is 0 Å². The van der Waals surface area contributed by atoms with Crippen molar-refractivity contribution in [3.8, 4) is 69.5 Å². The molecule has 234 valence electrons. The molecule has 0 unspecified atom stereocenters. The Morgan fingerprint density at radius 2 is 0.568 bits per heavy atom. The second-order valence-corrected chi connectivity index (χ2v) is 34.8. The Bertz CT molecular complexity index is 1320. The van der Waals surface area contributed by atoms with Gasteiger partial charge < -0.3 is 0 Å². The largest absolute Gasteiger partial charge is 0.129 e. The van der Waals surface area contributed by atoms with Crippen LogP contribution >= 0.6 is 0 Å². The van der Waals surface area contributed by atoms with Crippen LogP contribution in [0.4, 0.5) is 0 Å². The van der Waals surface area contributed by atoms with E-state index in [0.29, 0.717) is 0 Å². The molecule has 0 radical (unpaired) electrons. The zero-order valence-electron chi connectivity index (χ0n) is 30.7. The molecule has 0 aliphatic heterocycles. The average molecular weight is 651 g/mol. The monoisotopic (exact) mass is 650 g/mol. The fourth-order valence-corrected chi connectivity index (χ4v) is 5.73. The molecule has 44 heavy (non-hydrogen) atoms. The molecule has 0 aromatic heterocycles. The zero-order chi connectivity index (χ0) is 33.6. The highest BCUT2D eigenvalue weighted by atomic mass is 28.3. The standard InChI is InChI=1S/C40H58Si4/c1-15-17-19-21-23-25-35-37(27-31-41(3,4)5)39(29-33-43(9,10)11)36(26-24-22-20-18-16-2)40(30-34-44(12,13)14)38(35)28-32-42(6,7)8/h15-22H2,1-14H3. The van der Waals surface area contributed by atoms with Crippen molar-refractivity contribution in [3.05, 3.63) is 33.4 Å². The minimum Gasteiger partial charge on any atom is -0.127 e. The summed E-state index contributed by atoms with van der Waals surface area (Å²) in [5, 5.41) is 0. The molecular formula is C40H58Si4. The van der Waals surface area contributed by atoms with Gasteiger partial charge in [-0.3, -0.25) is 0 Å². The van der Waals surface area contributed by atoms with E-state index in [-0.39, 0.29) is 0 Å². The third kappa shape index (κ3) is 16.5. The lowest BCUT2D eigenvalue weighted by atomic mass is 9.87. The van der Waals surface area contributed by atoms with Gasteiger partial charge in [0.1, 0.15) is 32.3 Å². The van der Waals surface area contributed by atoms with Crippen LogP contribution in [0, 0.1) is 69.5 Å². The van der Waals surface area contributed by atoms with Crippen molar-refractivity contribution in [2.24, 2.45) is 0 Å². The van der Waals surface area contributed by atoms with E-state index in [1.807, 2.05) is 0 Å². The molecule has 0 nitrogen and oxygen atoms in total. The molecule has 0 saturated heterocycles. The summed E-state index contributed by atoms with van der Waals surface area (Å²) in [4.78, 5) is 0. The second-order valence-electron chi connectivity index (χ2n) is 15.8. The maximum Gasteiger partial charge on any atom is 0.129 e. The zero-order valence-corrected chi connectivity index (χ0v) is 34.7. The normalized spacial score (nSPS) is 11.0. The Labute approximate surface area is 277 Å². The SMILES string of the molecule is CCCCCC#Cc1c(C#C[Si](C)(C)C)c(C#C[Si](C)(C)C)c(C#CCCCCC)c(C#C[Si](C)(C)C)c1C#C[Si](C)(C)C. The molecule has 0 bridgehead atoms. The van der Waals surface area contributed by atoms with Gasteiger partial charge in [-0.25, -0.2) is 0 Å². The Morgan fingerprint density at radius 3 is 0.773 bits per heavy atom. The number of hydrogen-bond donors (Lipinski definition) is 0. The quantitative estimate of drug-likeness (QED) is 0.163. The third-order valence-corrected chi connectivity index (χ3v) is 9.49. The minimum atomic E-state index is -1.71. The molecule has 0 amide bonds. The van der Waals surface area contributed by atoms with Gasteiger partial charge in [-0.1, -0.05) is 165 Å². The van der Waals surface area contributed by atoms with Crippen LogP contribution in [0.15, 0.2) is 0 Å². The highest BCUT2D eigenvalue weighted by Gasteiger charge is 2.22. The van der Waals surface area contributed by atoms with Gasteiger partial charge >= 0.3 is 0 Å². The fraction of sp³-hybridized carbons (Fsp3) is 0.550. The lowest BCUT2D eigenvalue weighted by molar-refractivity contribution is 0.737. The molecule has 0 N–H and O–H groups in total. The topological polar surface area (TPSA) is 0 Å². The van der Waals surface area contributed by atoms with Crippen molar-refractivity contribution in [2.45, 2.75) is 144 Å². The molecule has 0 fully saturated rings. The van der Waals surface area contributed by atoms with E-state index in [1.54, 1.807) is 0 Å². The van der Waals surface area contributed by atoms with Gasteiger partial charge in [-0.2, -0.15) is 0 Å². The van der Waals surface area contributed by atoms with Crippen LogP contribution in [-0.2, 0) is 0 Å². The van der Waals surface area contributed by atoms with Crippen LogP contribution in [-0.4, -0.2) is 32.3 Å². The lowest BCUT2D eigenvalue weighted by Crippen LogP contribution is -2.18. The summed E-state index contributed by atoms with van der Waals surface area (Å²) in [7, 11) is -6.83. The van der Waals surface area contributed by atoms with Crippen molar-refractivity contribution in [1.29, 1.82) is 0 Å². The molecule has 0 saturated carbocycles. The van der Waals surface area contributed by atoms with Gasteiger partial charge in [0, 0.05) is 12.8 Å². The van der Waals surface area contributed by atoms with Gasteiger partial charge in [0.05, 0.1) is 33.4 Å². The summed E-state index contributed by atoms with van der Waals surface area (Å²) in [5.41, 5.74) is 20.1. The van der Waals surface area contributed by atoms with Crippen LogP contribution in [0.5, 0.6) is 0 Å². The highest BCUT2D eigenvalue weighted by molar-refractivity contribution is 6.85. The molecule has 0 heterocycles. The van der Waals surface area contributed by atoms with Gasteiger partial charge in [-0.15, -0.1) is 22.2 Å². The van der Waals surface area contributed by atoms with Gasteiger partial charge in [0.15, 0.2) is 0 Å². The van der Waals surface area contributed by atoms with E-state index in [1.165, 1.54) is 25.7 Å². The van der Waals surface area contributed by atoms with E-state index in [9.17, 15) is 0 Å². The summed E-state index contributed by atoms with van der Waals surface area (Å²) in [6, 6.07) is 0. The molecule has 0 aliphatic rings. The predicted octanol–water partition coefficient (Wildman–Crippen LogP) is 10.5. The maximum atomic E-state index is 3.66.